The number of ether oxygens (including phenoxy) is 1. The number of sulfone groups is 1. The molecule has 0 unspecified atom stereocenters. The van der Waals surface area contributed by atoms with Crippen LogP contribution in [-0.4, -0.2) is 56.5 Å². The van der Waals surface area contributed by atoms with Crippen LogP contribution < -0.4 is 9.64 Å². The Balaban J connectivity index is 1.67. The molecule has 2 heterocycles. The fourth-order valence-electron chi connectivity index (χ4n) is 4.12. The Morgan fingerprint density at radius 3 is 2.46 bits per heavy atom. The second kappa shape index (κ2) is 7.39. The number of carbonyl (C=O) groups excluding carboxylic acids is 1. The summed E-state index contributed by atoms with van der Waals surface area (Å²) in [5, 5.41) is 0.571. The number of piperazine rings is 1. The first-order valence-corrected chi connectivity index (χ1v) is 11.2. The highest BCUT2D eigenvalue weighted by molar-refractivity contribution is 7.91. The monoisotopic (exact) mass is 420 g/mol. The van der Waals surface area contributed by atoms with Crippen molar-refractivity contribution in [2.45, 2.75) is 18.6 Å². The van der Waals surface area contributed by atoms with Crippen LogP contribution in [0.4, 0.5) is 5.69 Å². The van der Waals surface area contributed by atoms with Gasteiger partial charge in [-0.2, -0.15) is 0 Å². The van der Waals surface area contributed by atoms with Gasteiger partial charge in [0.2, 0.25) is 5.91 Å². The molecule has 0 aliphatic carbocycles. The molecule has 0 N–H and O–H groups in total. The molecule has 2 saturated heterocycles. The Morgan fingerprint density at radius 2 is 1.75 bits per heavy atom. The van der Waals surface area contributed by atoms with Gasteiger partial charge >= 0.3 is 0 Å². The van der Waals surface area contributed by atoms with E-state index in [0.717, 1.165) is 11.3 Å². The average molecular weight is 421 g/mol. The van der Waals surface area contributed by atoms with Crippen molar-refractivity contribution >= 4 is 33.0 Å². The first-order valence-electron chi connectivity index (χ1n) is 9.02. The zero-order chi connectivity index (χ0) is 19.9. The zero-order valence-electron chi connectivity index (χ0n) is 15.4. The molecule has 148 valence electrons. The van der Waals surface area contributed by atoms with Crippen molar-refractivity contribution in [3.63, 3.8) is 0 Å². The van der Waals surface area contributed by atoms with E-state index in [1.807, 2.05) is 29.2 Å². The number of hydrogen-bond donors (Lipinski definition) is 0. The van der Waals surface area contributed by atoms with Crippen LogP contribution in [0.25, 0.3) is 0 Å². The molecule has 2 aromatic rings. The van der Waals surface area contributed by atoms with Crippen LogP contribution in [0.5, 0.6) is 5.75 Å². The summed E-state index contributed by atoms with van der Waals surface area (Å²) in [5.41, 5.74) is 1.61. The third-order valence-electron chi connectivity index (χ3n) is 5.37. The normalized spacial score (nSPS) is 24.2. The van der Waals surface area contributed by atoms with Crippen LogP contribution in [0.2, 0.25) is 5.02 Å². The molecule has 2 fully saturated rings. The van der Waals surface area contributed by atoms with Crippen molar-refractivity contribution < 1.29 is 17.9 Å². The van der Waals surface area contributed by atoms with Crippen LogP contribution in [-0.2, 0) is 21.2 Å². The molecule has 28 heavy (non-hydrogen) atoms. The molecular formula is C20H21ClN2O4S. The van der Waals surface area contributed by atoms with Crippen LogP contribution >= 0.6 is 11.6 Å². The van der Waals surface area contributed by atoms with Crippen molar-refractivity contribution in [3.8, 4) is 5.75 Å². The fourth-order valence-corrected chi connectivity index (χ4v) is 6.23. The highest BCUT2D eigenvalue weighted by Crippen LogP contribution is 2.33. The molecule has 2 aliphatic heterocycles. The number of amides is 1. The van der Waals surface area contributed by atoms with Crippen LogP contribution in [0, 0.1) is 0 Å². The molecule has 2 aliphatic rings. The Bertz CT molecular complexity index is 994. The summed E-state index contributed by atoms with van der Waals surface area (Å²) in [4.78, 5) is 16.6. The lowest BCUT2D eigenvalue weighted by Gasteiger charge is -2.43. The molecular weight excluding hydrogens is 400 g/mol. The minimum absolute atomic E-state index is 0.0333. The summed E-state index contributed by atoms with van der Waals surface area (Å²) in [5.74, 6) is 0.626. The summed E-state index contributed by atoms with van der Waals surface area (Å²) >= 11 is 5.97. The number of rotatable bonds is 4. The highest BCUT2D eigenvalue weighted by atomic mass is 35.5. The van der Waals surface area contributed by atoms with Crippen molar-refractivity contribution in [2.75, 3.05) is 30.1 Å². The fraction of sp³-hybridized carbons (Fsp3) is 0.350. The molecule has 0 bridgehead atoms. The zero-order valence-corrected chi connectivity index (χ0v) is 17.0. The van der Waals surface area contributed by atoms with Crippen LogP contribution in [0.15, 0.2) is 48.5 Å². The van der Waals surface area contributed by atoms with Crippen molar-refractivity contribution in [1.29, 1.82) is 0 Å². The third kappa shape index (κ3) is 3.62. The minimum Gasteiger partial charge on any atom is -0.496 e. The van der Waals surface area contributed by atoms with Gasteiger partial charge in [-0.05, 0) is 30.3 Å². The van der Waals surface area contributed by atoms with Crippen LogP contribution in [0.1, 0.15) is 5.56 Å². The Morgan fingerprint density at radius 1 is 1.07 bits per heavy atom. The summed E-state index contributed by atoms with van der Waals surface area (Å²) in [6, 6.07) is 13.9. The largest absolute Gasteiger partial charge is 0.496 e. The summed E-state index contributed by atoms with van der Waals surface area (Å²) < 4.78 is 30.3. The second-order valence-electron chi connectivity index (χ2n) is 7.17. The minimum atomic E-state index is -3.24. The molecule has 0 saturated carbocycles. The SMILES string of the molecule is COc1ccccc1CN1CC(=O)N(c2ccc(Cl)cc2)[C@@H]2CS(=O)(=O)C[C@@H]21. The molecule has 6 nitrogen and oxygen atoms in total. The smallest absolute Gasteiger partial charge is 0.241 e. The molecule has 0 spiro atoms. The van der Waals surface area contributed by atoms with E-state index in [0.29, 0.717) is 17.3 Å². The number of halogens is 1. The van der Waals surface area contributed by atoms with Gasteiger partial charge in [-0.15, -0.1) is 0 Å². The lowest BCUT2D eigenvalue weighted by molar-refractivity contribution is -0.123. The number of benzene rings is 2. The standard InChI is InChI=1S/C20H21ClN2O4S/c1-27-19-5-3-2-4-14(19)10-22-11-20(24)23(16-8-6-15(21)7-9-16)18-13-28(25,26)12-17(18)22/h2-9,17-18H,10-13H2,1H3/t17-,18+/m0/s1. The van der Waals surface area contributed by atoms with Gasteiger partial charge in [0.05, 0.1) is 31.2 Å². The number of nitrogens with zero attached hydrogens (tertiary/aromatic N) is 2. The second-order valence-corrected chi connectivity index (χ2v) is 9.76. The first-order chi connectivity index (χ1) is 13.4. The van der Waals surface area contributed by atoms with E-state index >= 15 is 0 Å². The maximum Gasteiger partial charge on any atom is 0.241 e. The van der Waals surface area contributed by atoms with E-state index in [4.69, 9.17) is 16.3 Å². The number of para-hydroxylation sites is 1. The van der Waals surface area contributed by atoms with Crippen molar-refractivity contribution in [2.24, 2.45) is 0 Å². The number of carbonyl (C=O) groups is 1. The first kappa shape index (κ1) is 19.2. The molecule has 1 amide bonds. The predicted octanol–water partition coefficient (Wildman–Crippen LogP) is 2.36. The van der Waals surface area contributed by atoms with Gasteiger partial charge in [-0.1, -0.05) is 29.8 Å². The summed E-state index contributed by atoms with van der Waals surface area (Å²) in [6.45, 7) is 0.609. The lowest BCUT2D eigenvalue weighted by Crippen LogP contribution is -2.61. The molecule has 8 heteroatoms. The van der Waals surface area contributed by atoms with Crippen molar-refractivity contribution in [3.05, 3.63) is 59.1 Å². The molecule has 0 radical (unpaired) electrons. The van der Waals surface area contributed by atoms with Gasteiger partial charge in [0.25, 0.3) is 0 Å². The molecule has 0 aromatic heterocycles. The van der Waals surface area contributed by atoms with E-state index in [-0.39, 0.29) is 30.0 Å². The maximum absolute atomic E-state index is 13.0. The van der Waals surface area contributed by atoms with E-state index < -0.39 is 15.9 Å². The Kier molecular flexibility index (Phi) is 5.07. The Labute approximate surface area is 169 Å². The summed E-state index contributed by atoms with van der Waals surface area (Å²) in [6.07, 6.45) is 0. The van der Waals surface area contributed by atoms with Gasteiger partial charge in [0.1, 0.15) is 5.75 Å². The topological polar surface area (TPSA) is 66.9 Å². The van der Waals surface area contributed by atoms with E-state index in [2.05, 4.69) is 0 Å². The van der Waals surface area contributed by atoms with Gasteiger partial charge in [0, 0.05) is 28.9 Å². The average Bonchev–Trinajstić information content (AvgIpc) is 2.98. The van der Waals surface area contributed by atoms with Gasteiger partial charge in [0.15, 0.2) is 9.84 Å². The van der Waals surface area contributed by atoms with E-state index in [1.165, 1.54) is 0 Å². The number of methoxy groups -OCH3 is 1. The van der Waals surface area contributed by atoms with Gasteiger partial charge in [-0.3, -0.25) is 9.69 Å². The van der Waals surface area contributed by atoms with E-state index in [9.17, 15) is 13.2 Å². The number of anilines is 1. The maximum atomic E-state index is 13.0. The van der Waals surface area contributed by atoms with Crippen molar-refractivity contribution in [1.82, 2.24) is 4.90 Å². The number of hydrogen-bond acceptors (Lipinski definition) is 5. The number of fused-ring (bicyclic) bond motifs is 1. The summed E-state index contributed by atoms with van der Waals surface area (Å²) in [7, 11) is -1.63. The third-order valence-corrected chi connectivity index (χ3v) is 7.32. The van der Waals surface area contributed by atoms with Gasteiger partial charge in [-0.25, -0.2) is 8.42 Å². The molecule has 2 aromatic carbocycles. The van der Waals surface area contributed by atoms with E-state index in [1.54, 1.807) is 36.3 Å². The molecule has 4 rings (SSSR count). The quantitative estimate of drug-likeness (QED) is 0.759. The van der Waals surface area contributed by atoms with Crippen LogP contribution in [0.3, 0.4) is 0 Å². The Hall–Kier alpha value is -2.09. The van der Waals surface area contributed by atoms with Gasteiger partial charge < -0.3 is 9.64 Å². The molecule has 2 atom stereocenters. The highest BCUT2D eigenvalue weighted by Gasteiger charge is 2.49. The lowest BCUT2D eigenvalue weighted by atomic mass is 10.0. The predicted molar refractivity (Wildman–Crippen MR) is 109 cm³/mol.